The number of alkyl halides is 3. The van der Waals surface area contributed by atoms with Crippen molar-refractivity contribution in [2.24, 2.45) is 11.8 Å². The van der Waals surface area contributed by atoms with Crippen molar-refractivity contribution in [1.29, 1.82) is 0 Å². The Hall–Kier alpha value is -3.42. The van der Waals surface area contributed by atoms with Gasteiger partial charge in [-0.05, 0) is 73.4 Å². The van der Waals surface area contributed by atoms with Crippen molar-refractivity contribution in [2.45, 2.75) is 43.5 Å². The average molecular weight is 693 g/mol. The number of halogens is 4. The fraction of sp³-hybridized carbons (Fsp3) is 0.355. The van der Waals surface area contributed by atoms with Crippen LogP contribution >= 0.6 is 15.9 Å². The first-order valence-corrected chi connectivity index (χ1v) is 16.5. The summed E-state index contributed by atoms with van der Waals surface area (Å²) in [5.41, 5.74) is 2.03. The molecule has 8 nitrogen and oxygen atoms in total. The topological polar surface area (TPSA) is 96.5 Å². The fourth-order valence-electron chi connectivity index (χ4n) is 5.45. The van der Waals surface area contributed by atoms with Gasteiger partial charge in [0.2, 0.25) is 16.0 Å². The van der Waals surface area contributed by atoms with E-state index < -0.39 is 27.0 Å². The molecule has 0 saturated heterocycles. The first kappa shape index (κ1) is 32.0. The Morgan fingerprint density at radius 3 is 2.30 bits per heavy atom. The molecule has 4 aromatic rings. The molecule has 0 aliphatic heterocycles. The summed E-state index contributed by atoms with van der Waals surface area (Å²) < 4.78 is 71.1. The molecule has 1 heterocycles. The minimum atomic E-state index is -5.02. The van der Waals surface area contributed by atoms with Crippen LogP contribution < -0.4 is 19.7 Å². The summed E-state index contributed by atoms with van der Waals surface area (Å²) in [6.45, 7) is 1.51. The van der Waals surface area contributed by atoms with Gasteiger partial charge in [0, 0.05) is 36.5 Å². The molecule has 0 atom stereocenters. The SMILES string of the molecule is CN(Cc1ccccc1)c1nc(NCC2CCC(CNS(=O)(=O)c3ccc(Br)cc3OC(F)(F)F)CC2)nc2ccccc12. The number of nitrogens with one attached hydrogen (secondary N) is 2. The van der Waals surface area contributed by atoms with Crippen LogP contribution in [0.25, 0.3) is 10.9 Å². The van der Waals surface area contributed by atoms with E-state index in [1.54, 1.807) is 0 Å². The minimum Gasteiger partial charge on any atom is -0.404 e. The predicted molar refractivity (Wildman–Crippen MR) is 168 cm³/mol. The molecule has 0 unspecified atom stereocenters. The molecule has 13 heteroatoms. The van der Waals surface area contributed by atoms with Crippen LogP contribution in [0.5, 0.6) is 5.75 Å². The molecular formula is C31H33BrF3N5O3S. The van der Waals surface area contributed by atoms with Crippen LogP contribution in [0.4, 0.5) is 24.9 Å². The number of para-hydroxylation sites is 1. The Morgan fingerprint density at radius 2 is 1.59 bits per heavy atom. The molecule has 1 aromatic heterocycles. The van der Waals surface area contributed by atoms with Crippen molar-refractivity contribution in [3.8, 4) is 5.75 Å². The summed E-state index contributed by atoms with van der Waals surface area (Å²) in [7, 11) is -2.20. The number of rotatable bonds is 11. The molecule has 234 valence electrons. The van der Waals surface area contributed by atoms with Gasteiger partial charge < -0.3 is 15.0 Å². The number of fused-ring (bicyclic) bond motifs is 1. The Morgan fingerprint density at radius 1 is 0.932 bits per heavy atom. The quantitative estimate of drug-likeness (QED) is 0.173. The normalized spacial score (nSPS) is 17.4. The van der Waals surface area contributed by atoms with Gasteiger partial charge in [-0.3, -0.25) is 0 Å². The van der Waals surface area contributed by atoms with Gasteiger partial charge >= 0.3 is 6.36 Å². The number of ether oxygens (including phenoxy) is 1. The monoisotopic (exact) mass is 691 g/mol. The molecule has 5 rings (SSSR count). The third-order valence-corrected chi connectivity index (χ3v) is 9.66. The molecule has 0 bridgehead atoms. The van der Waals surface area contributed by atoms with E-state index in [2.05, 4.69) is 47.7 Å². The Bertz CT molecular complexity index is 1680. The van der Waals surface area contributed by atoms with E-state index >= 15 is 0 Å². The van der Waals surface area contributed by atoms with E-state index in [4.69, 9.17) is 9.97 Å². The minimum absolute atomic E-state index is 0.0682. The maximum Gasteiger partial charge on any atom is 0.573 e. The number of aromatic nitrogens is 2. The van der Waals surface area contributed by atoms with Crippen molar-refractivity contribution >= 4 is 48.6 Å². The third kappa shape index (κ3) is 8.39. The molecule has 44 heavy (non-hydrogen) atoms. The number of sulfonamides is 1. The molecule has 1 aliphatic rings. The molecule has 3 aromatic carbocycles. The summed E-state index contributed by atoms with van der Waals surface area (Å²) in [4.78, 5) is 11.2. The van der Waals surface area contributed by atoms with Gasteiger partial charge in [0.1, 0.15) is 10.7 Å². The van der Waals surface area contributed by atoms with Gasteiger partial charge in [-0.2, -0.15) is 4.98 Å². The van der Waals surface area contributed by atoms with Crippen LogP contribution in [0.1, 0.15) is 31.2 Å². The lowest BCUT2D eigenvalue weighted by Gasteiger charge is -2.29. The van der Waals surface area contributed by atoms with Gasteiger partial charge in [-0.1, -0.05) is 58.4 Å². The van der Waals surface area contributed by atoms with Crippen LogP contribution in [0, 0.1) is 11.8 Å². The first-order valence-electron chi connectivity index (χ1n) is 14.3. The van der Waals surface area contributed by atoms with Gasteiger partial charge in [0.25, 0.3) is 0 Å². The zero-order chi connectivity index (χ0) is 31.3. The van der Waals surface area contributed by atoms with Crippen LogP contribution in [0.2, 0.25) is 0 Å². The molecule has 1 aliphatic carbocycles. The van der Waals surface area contributed by atoms with Gasteiger partial charge in [-0.25, -0.2) is 18.1 Å². The lowest BCUT2D eigenvalue weighted by molar-refractivity contribution is -0.275. The van der Waals surface area contributed by atoms with E-state index in [1.165, 1.54) is 11.6 Å². The molecule has 0 spiro atoms. The highest BCUT2D eigenvalue weighted by Crippen LogP contribution is 2.34. The highest BCUT2D eigenvalue weighted by Gasteiger charge is 2.34. The third-order valence-electron chi connectivity index (χ3n) is 7.71. The Kier molecular flexibility index (Phi) is 9.96. The summed E-state index contributed by atoms with van der Waals surface area (Å²) in [6.07, 6.45) is -1.71. The van der Waals surface area contributed by atoms with E-state index in [9.17, 15) is 21.6 Å². The van der Waals surface area contributed by atoms with Crippen LogP contribution in [-0.4, -0.2) is 44.9 Å². The number of hydrogen-bond acceptors (Lipinski definition) is 7. The Balaban J connectivity index is 1.17. The summed E-state index contributed by atoms with van der Waals surface area (Å²) >= 11 is 3.06. The number of anilines is 2. The van der Waals surface area contributed by atoms with E-state index in [-0.39, 0.29) is 16.9 Å². The first-order chi connectivity index (χ1) is 21.0. The fourth-order valence-corrected chi connectivity index (χ4v) is 7.01. The highest BCUT2D eigenvalue weighted by molar-refractivity contribution is 9.10. The van der Waals surface area contributed by atoms with Crippen LogP contribution in [0.15, 0.2) is 82.2 Å². The van der Waals surface area contributed by atoms with Crippen molar-refractivity contribution in [3.63, 3.8) is 0 Å². The number of hydrogen-bond donors (Lipinski definition) is 2. The van der Waals surface area contributed by atoms with Crippen LogP contribution in [-0.2, 0) is 16.6 Å². The molecule has 0 radical (unpaired) electrons. The van der Waals surface area contributed by atoms with Crippen LogP contribution in [0.3, 0.4) is 0 Å². The lowest BCUT2D eigenvalue weighted by atomic mass is 9.82. The second-order valence-corrected chi connectivity index (χ2v) is 13.6. The summed E-state index contributed by atoms with van der Waals surface area (Å²) in [5.74, 6) is 1.03. The highest BCUT2D eigenvalue weighted by atomic mass is 79.9. The standard InChI is InChI=1S/C31H33BrF3N5O3S/c1-40(20-23-7-3-2-4-8-23)29-25-9-5-6-10-26(25)38-30(39-29)36-18-21-11-13-22(14-12-21)19-37-44(41,42)28-16-15-24(32)17-27(28)43-31(33,34)35/h2-10,15-17,21-22,37H,11-14,18-20H2,1H3,(H,36,38,39). The molecule has 2 N–H and O–H groups in total. The predicted octanol–water partition coefficient (Wildman–Crippen LogP) is 7.12. The van der Waals surface area contributed by atoms with Gasteiger partial charge in [0.05, 0.1) is 5.52 Å². The molecule has 1 fully saturated rings. The largest absolute Gasteiger partial charge is 0.573 e. The van der Waals surface area contributed by atoms with Crippen molar-refractivity contribution in [3.05, 3.63) is 82.8 Å². The maximum absolute atomic E-state index is 12.9. The van der Waals surface area contributed by atoms with Gasteiger partial charge in [-0.15, -0.1) is 13.2 Å². The zero-order valence-corrected chi connectivity index (χ0v) is 26.4. The molecule has 0 amide bonds. The second kappa shape index (κ2) is 13.7. The second-order valence-electron chi connectivity index (χ2n) is 11.0. The Labute approximate surface area is 263 Å². The van der Waals surface area contributed by atoms with Crippen molar-refractivity contribution in [1.82, 2.24) is 14.7 Å². The van der Waals surface area contributed by atoms with E-state index in [1.807, 2.05) is 49.5 Å². The van der Waals surface area contributed by atoms with Crippen molar-refractivity contribution < 1.29 is 26.3 Å². The average Bonchev–Trinajstić information content (AvgIpc) is 2.98. The zero-order valence-electron chi connectivity index (χ0n) is 24.0. The number of benzene rings is 3. The van der Waals surface area contributed by atoms with E-state index in [0.717, 1.165) is 54.5 Å². The smallest absolute Gasteiger partial charge is 0.404 e. The lowest BCUT2D eigenvalue weighted by Crippen LogP contribution is -2.33. The van der Waals surface area contributed by atoms with Gasteiger partial charge in [0.15, 0.2) is 5.75 Å². The van der Waals surface area contributed by atoms with E-state index in [0.29, 0.717) is 25.0 Å². The molecule has 1 saturated carbocycles. The van der Waals surface area contributed by atoms with Crippen molar-refractivity contribution in [2.75, 3.05) is 30.4 Å². The summed E-state index contributed by atoms with van der Waals surface area (Å²) in [6, 6.07) is 21.6. The molecular weight excluding hydrogens is 659 g/mol. The summed E-state index contributed by atoms with van der Waals surface area (Å²) in [5, 5.41) is 4.39. The number of nitrogens with zero attached hydrogens (tertiary/aromatic N) is 3. The maximum atomic E-state index is 12.9.